The number of halogens is 1. The molecule has 2 aromatic rings. The van der Waals surface area contributed by atoms with Crippen LogP contribution in [-0.4, -0.2) is 44.3 Å². The lowest BCUT2D eigenvalue weighted by Crippen LogP contribution is -2.52. The van der Waals surface area contributed by atoms with Gasteiger partial charge < -0.3 is 9.47 Å². The molecule has 0 atom stereocenters. The number of nitrogens with zero attached hydrogens (tertiary/aromatic N) is 2. The second kappa shape index (κ2) is 7.69. The molecule has 4 rings (SSSR count). The van der Waals surface area contributed by atoms with Crippen LogP contribution in [0.25, 0.3) is 0 Å². The monoisotopic (exact) mass is 490 g/mol. The van der Waals surface area contributed by atoms with Crippen LogP contribution in [0.3, 0.4) is 0 Å². The van der Waals surface area contributed by atoms with Crippen LogP contribution in [0.15, 0.2) is 45.8 Å². The Bertz CT molecular complexity index is 1160. The van der Waals surface area contributed by atoms with Gasteiger partial charge in [-0.15, -0.1) is 0 Å². The minimum absolute atomic E-state index is 0.0799. The number of methoxy groups -OCH3 is 1. The van der Waals surface area contributed by atoms with E-state index in [4.69, 9.17) is 14.7 Å². The van der Waals surface area contributed by atoms with Crippen LogP contribution in [0.2, 0.25) is 0 Å². The molecule has 0 bridgehead atoms. The van der Waals surface area contributed by atoms with Gasteiger partial charge in [0.05, 0.1) is 40.1 Å². The molecule has 2 aromatic carbocycles. The molecule has 2 aliphatic rings. The minimum Gasteiger partial charge on any atom is -0.496 e. The van der Waals surface area contributed by atoms with Gasteiger partial charge in [-0.3, -0.25) is 4.79 Å². The third kappa shape index (κ3) is 3.60. The van der Waals surface area contributed by atoms with Crippen molar-refractivity contribution in [3.63, 3.8) is 0 Å². The van der Waals surface area contributed by atoms with E-state index in [9.17, 15) is 13.2 Å². The average molecular weight is 491 g/mol. The fourth-order valence-corrected chi connectivity index (χ4v) is 6.09. The molecule has 156 valence electrons. The fourth-order valence-electron chi connectivity index (χ4n) is 3.93. The highest BCUT2D eigenvalue weighted by molar-refractivity contribution is 9.10. The summed E-state index contributed by atoms with van der Waals surface area (Å²) in [5, 5.41) is 9.04. The van der Waals surface area contributed by atoms with Gasteiger partial charge in [-0.25, -0.2) is 8.42 Å². The maximum Gasteiger partial charge on any atom is 0.243 e. The number of carbonyl (C=O) groups excluding carboxylic acids is 1. The first-order valence-corrected chi connectivity index (χ1v) is 11.6. The molecule has 1 fully saturated rings. The Morgan fingerprint density at radius 1 is 1.20 bits per heavy atom. The Labute approximate surface area is 183 Å². The number of hydrogen-bond acceptors (Lipinski definition) is 6. The van der Waals surface area contributed by atoms with Gasteiger partial charge in [0.2, 0.25) is 10.0 Å². The quantitative estimate of drug-likeness (QED) is 0.652. The zero-order chi connectivity index (χ0) is 21.5. The lowest BCUT2D eigenvalue weighted by Gasteiger charge is -2.43. The van der Waals surface area contributed by atoms with Crippen molar-refractivity contribution >= 4 is 31.7 Å². The average Bonchev–Trinajstić information content (AvgIpc) is 2.73. The largest absolute Gasteiger partial charge is 0.496 e. The smallest absolute Gasteiger partial charge is 0.243 e. The number of Topliss-reactive ketones (excluding diaryl/α,β-unsaturated/α-hetero) is 1. The summed E-state index contributed by atoms with van der Waals surface area (Å²) in [6.07, 6.45) is 1.00. The van der Waals surface area contributed by atoms with Crippen molar-refractivity contribution in [2.75, 3.05) is 20.2 Å². The standard InChI is InChI=1S/C21H19BrN2O5S/c1-28-20-5-3-15(11-17(20)22)30(26,27)24-8-6-21(7-9-24)12-18(25)16-10-14(13-23)2-4-19(16)29-21/h2-5,10-11H,6-9,12H2,1H3. The second-order valence-electron chi connectivity index (χ2n) is 7.41. The first-order chi connectivity index (χ1) is 14.3. The first-order valence-electron chi connectivity index (χ1n) is 9.38. The number of rotatable bonds is 3. The molecule has 1 spiro atoms. The van der Waals surface area contributed by atoms with Crippen molar-refractivity contribution in [2.45, 2.75) is 29.8 Å². The van der Waals surface area contributed by atoms with Crippen LogP contribution in [0.5, 0.6) is 11.5 Å². The van der Waals surface area contributed by atoms with E-state index in [0.717, 1.165) is 0 Å². The molecule has 0 N–H and O–H groups in total. The van der Waals surface area contributed by atoms with Crippen LogP contribution >= 0.6 is 15.9 Å². The van der Waals surface area contributed by atoms with E-state index < -0.39 is 15.6 Å². The molecule has 1 saturated heterocycles. The van der Waals surface area contributed by atoms with Gasteiger partial charge in [-0.05, 0) is 52.3 Å². The maximum atomic E-state index is 13.1. The van der Waals surface area contributed by atoms with Crippen LogP contribution in [-0.2, 0) is 10.0 Å². The molecule has 30 heavy (non-hydrogen) atoms. The first kappa shape index (κ1) is 20.8. The van der Waals surface area contributed by atoms with E-state index in [1.807, 2.05) is 6.07 Å². The molecule has 0 amide bonds. The SMILES string of the molecule is COc1ccc(S(=O)(=O)N2CCC3(CC2)CC(=O)c2cc(C#N)ccc2O3)cc1Br. The van der Waals surface area contributed by atoms with Crippen molar-refractivity contribution in [2.24, 2.45) is 0 Å². The highest BCUT2D eigenvalue weighted by Crippen LogP contribution is 2.40. The van der Waals surface area contributed by atoms with Crippen molar-refractivity contribution in [3.05, 3.63) is 52.0 Å². The number of ketones is 1. The zero-order valence-electron chi connectivity index (χ0n) is 16.2. The summed E-state index contributed by atoms with van der Waals surface area (Å²) in [6.45, 7) is 0.510. The maximum absolute atomic E-state index is 13.1. The van der Waals surface area contributed by atoms with E-state index in [2.05, 4.69) is 15.9 Å². The minimum atomic E-state index is -3.68. The normalized spacial score (nSPS) is 18.4. The molecule has 0 aliphatic carbocycles. The van der Waals surface area contributed by atoms with Crippen LogP contribution < -0.4 is 9.47 Å². The Balaban J connectivity index is 1.53. The van der Waals surface area contributed by atoms with E-state index in [1.165, 1.54) is 23.5 Å². The van der Waals surface area contributed by atoms with E-state index in [-0.39, 0.29) is 30.2 Å². The highest BCUT2D eigenvalue weighted by atomic mass is 79.9. The highest BCUT2D eigenvalue weighted by Gasteiger charge is 2.45. The molecule has 0 radical (unpaired) electrons. The number of carbonyl (C=O) groups is 1. The number of fused-ring (bicyclic) bond motifs is 1. The van der Waals surface area contributed by atoms with E-state index >= 15 is 0 Å². The number of benzene rings is 2. The lowest BCUT2D eigenvalue weighted by molar-refractivity contribution is 0.00590. The summed E-state index contributed by atoms with van der Waals surface area (Å²) in [5.74, 6) is 0.934. The molecule has 0 aromatic heterocycles. The Kier molecular flexibility index (Phi) is 5.34. The number of ether oxygens (including phenoxy) is 2. The van der Waals surface area contributed by atoms with Gasteiger partial charge in [-0.1, -0.05) is 0 Å². The fraction of sp³-hybridized carbons (Fsp3) is 0.333. The van der Waals surface area contributed by atoms with E-state index in [1.54, 1.807) is 24.3 Å². The predicted molar refractivity (Wildman–Crippen MR) is 112 cm³/mol. The summed E-state index contributed by atoms with van der Waals surface area (Å²) in [4.78, 5) is 12.9. The summed E-state index contributed by atoms with van der Waals surface area (Å²) in [7, 11) is -2.16. The number of piperidine rings is 1. The van der Waals surface area contributed by atoms with Crippen LogP contribution in [0.4, 0.5) is 0 Å². The Hall–Kier alpha value is -2.41. The van der Waals surface area contributed by atoms with Gasteiger partial charge in [0.15, 0.2) is 5.78 Å². The lowest BCUT2D eigenvalue weighted by atomic mass is 9.83. The van der Waals surface area contributed by atoms with Gasteiger partial charge >= 0.3 is 0 Å². The topological polar surface area (TPSA) is 96.7 Å². The predicted octanol–water partition coefficient (Wildman–Crippen LogP) is 3.52. The number of hydrogen-bond donors (Lipinski definition) is 0. The second-order valence-corrected chi connectivity index (χ2v) is 10.2. The summed E-state index contributed by atoms with van der Waals surface area (Å²) < 4.78 is 39.5. The molecular formula is C21H19BrN2O5S. The number of sulfonamides is 1. The molecule has 2 aliphatic heterocycles. The van der Waals surface area contributed by atoms with Crippen molar-refractivity contribution in [3.8, 4) is 17.6 Å². The van der Waals surface area contributed by atoms with Crippen molar-refractivity contribution in [1.29, 1.82) is 5.26 Å². The molecule has 2 heterocycles. The molecule has 0 unspecified atom stereocenters. The van der Waals surface area contributed by atoms with Crippen LogP contribution in [0, 0.1) is 11.3 Å². The van der Waals surface area contributed by atoms with Gasteiger partial charge in [-0.2, -0.15) is 9.57 Å². The van der Waals surface area contributed by atoms with Gasteiger partial charge in [0.1, 0.15) is 17.1 Å². The number of nitriles is 1. The Morgan fingerprint density at radius 3 is 2.57 bits per heavy atom. The third-order valence-corrected chi connectivity index (χ3v) is 8.13. The van der Waals surface area contributed by atoms with Crippen molar-refractivity contribution < 1.29 is 22.7 Å². The Morgan fingerprint density at radius 2 is 1.93 bits per heavy atom. The van der Waals surface area contributed by atoms with Crippen LogP contribution in [0.1, 0.15) is 35.2 Å². The zero-order valence-corrected chi connectivity index (χ0v) is 18.6. The van der Waals surface area contributed by atoms with E-state index in [0.29, 0.717) is 39.9 Å². The van der Waals surface area contributed by atoms with Gasteiger partial charge in [0, 0.05) is 25.9 Å². The molecule has 0 saturated carbocycles. The van der Waals surface area contributed by atoms with Crippen molar-refractivity contribution in [1.82, 2.24) is 4.31 Å². The summed E-state index contributed by atoms with van der Waals surface area (Å²) >= 11 is 3.33. The van der Waals surface area contributed by atoms with Gasteiger partial charge in [0.25, 0.3) is 0 Å². The summed E-state index contributed by atoms with van der Waals surface area (Å²) in [6, 6.07) is 11.5. The molecule has 7 nitrogen and oxygen atoms in total. The molecular weight excluding hydrogens is 472 g/mol. The molecule has 9 heteroatoms. The summed E-state index contributed by atoms with van der Waals surface area (Å²) in [5.41, 5.74) is 0.108. The third-order valence-electron chi connectivity index (χ3n) is 5.61.